The minimum Gasteiger partial charge on any atom is -0.463 e. The summed E-state index contributed by atoms with van der Waals surface area (Å²) < 4.78 is 15.4. The lowest BCUT2D eigenvalue weighted by Crippen LogP contribution is -2.25. The molecule has 0 saturated heterocycles. The van der Waals surface area contributed by atoms with Crippen LogP contribution in [0.2, 0.25) is 0 Å². The van der Waals surface area contributed by atoms with Crippen LogP contribution in [0, 0.1) is 0 Å². The number of rotatable bonds is 12. The predicted molar refractivity (Wildman–Crippen MR) is 192 cm³/mol. The number of ether oxygens (including phenoxy) is 3. The molecule has 0 aliphatic carbocycles. The van der Waals surface area contributed by atoms with Crippen LogP contribution in [0.1, 0.15) is 119 Å². The van der Waals surface area contributed by atoms with E-state index in [1.54, 1.807) is 6.92 Å². The second-order valence-corrected chi connectivity index (χ2v) is 12.4. The lowest BCUT2D eigenvalue weighted by atomic mass is 9.74. The summed E-state index contributed by atoms with van der Waals surface area (Å²) in [6.45, 7) is 38.4. The molecule has 2 aromatic rings. The lowest BCUT2D eigenvalue weighted by molar-refractivity contribution is -0.150. The summed E-state index contributed by atoms with van der Waals surface area (Å²) in [5.41, 5.74) is 4.36. The third-order valence-electron chi connectivity index (χ3n) is 7.47. The molecule has 252 valence electrons. The molecule has 0 spiro atoms. The highest BCUT2D eigenvalue weighted by Crippen LogP contribution is 2.36. The van der Waals surface area contributed by atoms with Gasteiger partial charge in [0.15, 0.2) is 0 Å². The summed E-state index contributed by atoms with van der Waals surface area (Å²) in [5, 5.41) is 0. The van der Waals surface area contributed by atoms with Crippen molar-refractivity contribution < 1.29 is 23.8 Å². The highest BCUT2D eigenvalue weighted by Gasteiger charge is 2.28. The SMILES string of the molecule is C=CC(=O)OC(C)(C)CC.C=CC(=O)OCC.C=CC(C)(C)c1cccc(C(C)(C)c2cccc(C(C)(C)OCC)c2)c1.CC. The zero-order valence-electron chi connectivity index (χ0n) is 30.6. The first-order valence-corrected chi connectivity index (χ1v) is 16.0. The van der Waals surface area contributed by atoms with Gasteiger partial charge < -0.3 is 14.2 Å². The smallest absolute Gasteiger partial charge is 0.330 e. The summed E-state index contributed by atoms with van der Waals surface area (Å²) in [6.07, 6.45) is 5.15. The van der Waals surface area contributed by atoms with Crippen molar-refractivity contribution >= 4 is 11.9 Å². The van der Waals surface area contributed by atoms with E-state index in [9.17, 15) is 9.59 Å². The molecule has 0 unspecified atom stereocenters. The van der Waals surface area contributed by atoms with Crippen LogP contribution < -0.4 is 0 Å². The van der Waals surface area contributed by atoms with Gasteiger partial charge in [-0.2, -0.15) is 0 Å². The maximum absolute atomic E-state index is 10.6. The van der Waals surface area contributed by atoms with Crippen LogP contribution in [-0.4, -0.2) is 30.8 Å². The number of carbonyl (C=O) groups is 2. The van der Waals surface area contributed by atoms with Crippen molar-refractivity contribution in [3.8, 4) is 0 Å². The van der Waals surface area contributed by atoms with Crippen molar-refractivity contribution in [2.45, 2.75) is 118 Å². The Labute approximate surface area is 275 Å². The molecule has 0 N–H and O–H groups in total. The van der Waals surface area contributed by atoms with Crippen molar-refractivity contribution in [1.29, 1.82) is 0 Å². The maximum atomic E-state index is 10.6. The Morgan fingerprint density at radius 2 is 1.13 bits per heavy atom. The van der Waals surface area contributed by atoms with Gasteiger partial charge in [0.25, 0.3) is 0 Å². The fraction of sp³-hybridized carbons (Fsp3) is 0.500. The number of allylic oxidation sites excluding steroid dienone is 1. The Bertz CT molecular complexity index is 1200. The molecule has 0 bridgehead atoms. The van der Waals surface area contributed by atoms with Gasteiger partial charge in [-0.25, -0.2) is 9.59 Å². The van der Waals surface area contributed by atoms with Crippen LogP contribution in [-0.2, 0) is 40.2 Å². The Balaban J connectivity index is 0. The molecule has 0 saturated carbocycles. The normalized spacial score (nSPS) is 11.1. The van der Waals surface area contributed by atoms with Gasteiger partial charge >= 0.3 is 11.9 Å². The molecule has 0 aliphatic rings. The summed E-state index contributed by atoms with van der Waals surface area (Å²) in [4.78, 5) is 20.7. The van der Waals surface area contributed by atoms with E-state index in [0.29, 0.717) is 13.2 Å². The van der Waals surface area contributed by atoms with Gasteiger partial charge in [0.05, 0.1) is 12.2 Å². The van der Waals surface area contributed by atoms with Crippen LogP contribution in [0.15, 0.2) is 86.5 Å². The lowest BCUT2D eigenvalue weighted by Gasteiger charge is -2.31. The van der Waals surface area contributed by atoms with Gasteiger partial charge in [-0.05, 0) is 70.2 Å². The molecule has 0 aliphatic heterocycles. The first-order valence-electron chi connectivity index (χ1n) is 16.0. The molecule has 0 aromatic heterocycles. The number of benzene rings is 2. The van der Waals surface area contributed by atoms with E-state index < -0.39 is 0 Å². The quantitative estimate of drug-likeness (QED) is 0.134. The first-order chi connectivity index (χ1) is 20.9. The van der Waals surface area contributed by atoms with Crippen molar-refractivity contribution in [3.05, 3.63) is 109 Å². The average molecular weight is 623 g/mol. The minimum atomic E-state index is -0.359. The summed E-state index contributed by atoms with van der Waals surface area (Å²) >= 11 is 0. The molecule has 0 fully saturated rings. The molecule has 5 heteroatoms. The van der Waals surface area contributed by atoms with Gasteiger partial charge in [-0.1, -0.05) is 116 Å². The molecule has 0 radical (unpaired) electrons. The van der Waals surface area contributed by atoms with Crippen LogP contribution in [0.25, 0.3) is 0 Å². The van der Waals surface area contributed by atoms with Gasteiger partial charge in [-0.3, -0.25) is 0 Å². The van der Waals surface area contributed by atoms with Crippen LogP contribution in [0.4, 0.5) is 0 Å². The fourth-order valence-corrected chi connectivity index (χ4v) is 3.91. The number of carbonyl (C=O) groups excluding carboxylic acids is 2. The third kappa shape index (κ3) is 15.4. The second-order valence-electron chi connectivity index (χ2n) is 12.4. The van der Waals surface area contributed by atoms with Crippen molar-refractivity contribution in [1.82, 2.24) is 0 Å². The van der Waals surface area contributed by atoms with Crippen LogP contribution in [0.3, 0.4) is 0 Å². The zero-order chi connectivity index (χ0) is 35.5. The molecule has 0 atom stereocenters. The molecule has 45 heavy (non-hydrogen) atoms. The Morgan fingerprint density at radius 3 is 1.51 bits per heavy atom. The maximum Gasteiger partial charge on any atom is 0.330 e. The highest BCUT2D eigenvalue weighted by molar-refractivity contribution is 5.81. The second kappa shape index (κ2) is 20.6. The van der Waals surface area contributed by atoms with Crippen LogP contribution >= 0.6 is 0 Å². The largest absolute Gasteiger partial charge is 0.463 e. The predicted octanol–water partition coefficient (Wildman–Crippen LogP) is 10.4. The molecule has 2 rings (SSSR count). The van der Waals surface area contributed by atoms with E-state index in [1.807, 2.05) is 47.6 Å². The van der Waals surface area contributed by atoms with E-state index in [-0.39, 0.29) is 34.0 Å². The van der Waals surface area contributed by atoms with Gasteiger partial charge in [0.1, 0.15) is 5.60 Å². The average Bonchev–Trinajstić information content (AvgIpc) is 3.02. The van der Waals surface area contributed by atoms with E-state index >= 15 is 0 Å². The standard InChI is InChI=1S/C25H34O.C8H14O2.C5H8O2.C2H6/c1-9-23(3,4)19-13-11-14-20(17-19)24(5,6)21-15-12-16-22(18-21)25(7,8)26-10-2;1-5-7(9)10-8(3,4)6-2;1-3-5(6)7-4-2;1-2/h9,11-18H,1,10H2,2-8H3;5H,1,6H2,2-4H3;3H,1,4H2,2H3;1-2H3. The monoisotopic (exact) mass is 622 g/mol. The fourth-order valence-electron chi connectivity index (χ4n) is 3.91. The van der Waals surface area contributed by atoms with E-state index in [2.05, 4.69) is 115 Å². The van der Waals surface area contributed by atoms with Crippen molar-refractivity contribution in [2.75, 3.05) is 13.2 Å². The number of hydrogen-bond acceptors (Lipinski definition) is 5. The van der Waals surface area contributed by atoms with Crippen molar-refractivity contribution in [2.24, 2.45) is 0 Å². The van der Waals surface area contributed by atoms with Crippen molar-refractivity contribution in [3.63, 3.8) is 0 Å². The Hall–Kier alpha value is -3.44. The van der Waals surface area contributed by atoms with Crippen LogP contribution in [0.5, 0.6) is 0 Å². The molecule has 0 amide bonds. The molecule has 5 nitrogen and oxygen atoms in total. The molecule has 2 aromatic carbocycles. The molecule has 0 heterocycles. The Morgan fingerprint density at radius 1 is 0.689 bits per heavy atom. The number of esters is 2. The molecular weight excluding hydrogens is 560 g/mol. The van der Waals surface area contributed by atoms with E-state index in [0.717, 1.165) is 12.5 Å². The van der Waals surface area contributed by atoms with E-state index in [4.69, 9.17) is 9.47 Å². The molecular formula is C40H62O5. The summed E-state index contributed by atoms with van der Waals surface area (Å²) in [7, 11) is 0. The topological polar surface area (TPSA) is 61.8 Å². The van der Waals surface area contributed by atoms with Gasteiger partial charge in [0.2, 0.25) is 0 Å². The number of hydrogen-bond donors (Lipinski definition) is 0. The Kier molecular flexibility index (Phi) is 20.0. The summed E-state index contributed by atoms with van der Waals surface area (Å²) in [6, 6.07) is 17.7. The van der Waals surface area contributed by atoms with E-state index in [1.165, 1.54) is 28.3 Å². The van der Waals surface area contributed by atoms with Gasteiger partial charge in [-0.15, -0.1) is 6.58 Å². The zero-order valence-corrected chi connectivity index (χ0v) is 30.6. The summed E-state index contributed by atoms with van der Waals surface area (Å²) in [5.74, 6) is -0.714. The third-order valence-corrected chi connectivity index (χ3v) is 7.47. The first kappa shape index (κ1) is 43.7. The van der Waals surface area contributed by atoms with Gasteiger partial charge in [0, 0.05) is 29.6 Å². The highest BCUT2D eigenvalue weighted by atomic mass is 16.6. The minimum absolute atomic E-state index is 0.0368.